The number of hydrogen-bond donors (Lipinski definition) is 1. The van der Waals surface area contributed by atoms with Crippen LogP contribution in [-0.4, -0.2) is 46.3 Å². The standard InChI is InChI=1S/C14H22N4O/c1-3-11-7-12(17(2)16-11)14(19)18-6-4-5-10-8-15-9-13(10)18/h7,10,13,15H,3-6,8-9H2,1-2H3. The van der Waals surface area contributed by atoms with Crippen molar-refractivity contribution in [2.45, 2.75) is 32.2 Å². The van der Waals surface area contributed by atoms with Gasteiger partial charge in [-0.15, -0.1) is 0 Å². The summed E-state index contributed by atoms with van der Waals surface area (Å²) in [7, 11) is 1.86. The first kappa shape index (κ1) is 12.7. The number of piperidine rings is 1. The fourth-order valence-corrected chi connectivity index (χ4v) is 3.37. The number of aryl methyl sites for hydroxylation is 2. The molecule has 1 N–H and O–H groups in total. The predicted octanol–water partition coefficient (Wildman–Crippen LogP) is 0.806. The molecule has 2 aliphatic rings. The van der Waals surface area contributed by atoms with Crippen molar-refractivity contribution in [3.63, 3.8) is 0 Å². The van der Waals surface area contributed by atoms with Gasteiger partial charge in [-0.25, -0.2) is 0 Å². The summed E-state index contributed by atoms with van der Waals surface area (Å²) in [4.78, 5) is 14.8. The highest BCUT2D eigenvalue weighted by Gasteiger charge is 2.38. The number of fused-ring (bicyclic) bond motifs is 1. The van der Waals surface area contributed by atoms with Gasteiger partial charge in [0.25, 0.3) is 5.91 Å². The average molecular weight is 262 g/mol. The minimum Gasteiger partial charge on any atom is -0.333 e. The fourth-order valence-electron chi connectivity index (χ4n) is 3.37. The average Bonchev–Trinajstić information content (AvgIpc) is 3.03. The smallest absolute Gasteiger partial charge is 0.272 e. The van der Waals surface area contributed by atoms with Crippen molar-refractivity contribution in [2.24, 2.45) is 13.0 Å². The van der Waals surface area contributed by atoms with E-state index < -0.39 is 0 Å². The monoisotopic (exact) mass is 262 g/mol. The molecule has 2 unspecified atom stereocenters. The zero-order valence-corrected chi connectivity index (χ0v) is 11.7. The minimum absolute atomic E-state index is 0.146. The Morgan fingerprint density at radius 1 is 1.53 bits per heavy atom. The maximum absolute atomic E-state index is 12.7. The van der Waals surface area contributed by atoms with Crippen LogP contribution in [0.25, 0.3) is 0 Å². The number of rotatable bonds is 2. The van der Waals surface area contributed by atoms with Crippen molar-refractivity contribution in [1.82, 2.24) is 20.0 Å². The molecule has 2 saturated heterocycles. The van der Waals surface area contributed by atoms with Gasteiger partial charge in [0.05, 0.1) is 5.69 Å². The van der Waals surface area contributed by atoms with Crippen LogP contribution in [0.1, 0.15) is 35.9 Å². The van der Waals surface area contributed by atoms with Gasteiger partial charge in [-0.3, -0.25) is 9.48 Å². The van der Waals surface area contributed by atoms with Crippen LogP contribution in [0, 0.1) is 5.92 Å². The van der Waals surface area contributed by atoms with Gasteiger partial charge >= 0.3 is 0 Å². The van der Waals surface area contributed by atoms with Crippen LogP contribution in [0.15, 0.2) is 6.07 Å². The molecule has 2 atom stereocenters. The number of amides is 1. The van der Waals surface area contributed by atoms with E-state index in [4.69, 9.17) is 0 Å². The number of hydrogen-bond acceptors (Lipinski definition) is 3. The number of aromatic nitrogens is 2. The Labute approximate surface area is 114 Å². The molecule has 3 rings (SSSR count). The topological polar surface area (TPSA) is 50.2 Å². The van der Waals surface area contributed by atoms with Gasteiger partial charge in [0.1, 0.15) is 5.69 Å². The van der Waals surface area contributed by atoms with E-state index in [1.165, 1.54) is 6.42 Å². The molecule has 2 aliphatic heterocycles. The van der Waals surface area contributed by atoms with Crippen LogP contribution in [0.5, 0.6) is 0 Å². The molecule has 3 heterocycles. The molecule has 1 aromatic rings. The highest BCUT2D eigenvalue weighted by Crippen LogP contribution is 2.27. The van der Waals surface area contributed by atoms with Crippen LogP contribution in [-0.2, 0) is 13.5 Å². The third-order valence-electron chi connectivity index (χ3n) is 4.45. The van der Waals surface area contributed by atoms with Crippen molar-refractivity contribution < 1.29 is 4.79 Å². The highest BCUT2D eigenvalue weighted by molar-refractivity contribution is 5.93. The normalized spacial score (nSPS) is 26.5. The molecule has 0 aliphatic carbocycles. The Balaban J connectivity index is 1.84. The molecule has 2 fully saturated rings. The molecule has 5 nitrogen and oxygen atoms in total. The van der Waals surface area contributed by atoms with Gasteiger partial charge in [-0.1, -0.05) is 6.92 Å². The first-order chi connectivity index (χ1) is 9.20. The Morgan fingerprint density at radius 3 is 3.11 bits per heavy atom. The van der Waals surface area contributed by atoms with Crippen molar-refractivity contribution in [1.29, 1.82) is 0 Å². The van der Waals surface area contributed by atoms with E-state index in [-0.39, 0.29) is 5.91 Å². The number of nitrogens with one attached hydrogen (secondary N) is 1. The summed E-state index contributed by atoms with van der Waals surface area (Å²) in [5.41, 5.74) is 1.72. The molecule has 1 amide bonds. The van der Waals surface area contributed by atoms with Gasteiger partial charge < -0.3 is 10.2 Å². The lowest BCUT2D eigenvalue weighted by molar-refractivity contribution is 0.0563. The van der Waals surface area contributed by atoms with Gasteiger partial charge in [-0.05, 0) is 31.2 Å². The summed E-state index contributed by atoms with van der Waals surface area (Å²) < 4.78 is 1.73. The first-order valence-corrected chi connectivity index (χ1v) is 7.25. The predicted molar refractivity (Wildman–Crippen MR) is 73.0 cm³/mol. The summed E-state index contributed by atoms with van der Waals surface area (Å²) in [6, 6.07) is 2.31. The third-order valence-corrected chi connectivity index (χ3v) is 4.45. The van der Waals surface area contributed by atoms with Crippen LogP contribution in [0.4, 0.5) is 0 Å². The molecular formula is C14H22N4O. The van der Waals surface area contributed by atoms with Crippen molar-refractivity contribution in [3.8, 4) is 0 Å². The van der Waals surface area contributed by atoms with Gasteiger partial charge in [0.2, 0.25) is 0 Å². The summed E-state index contributed by atoms with van der Waals surface area (Å²) in [6.07, 6.45) is 3.23. The SMILES string of the molecule is CCc1cc(C(=O)N2CCCC3CNCC32)n(C)n1. The minimum atomic E-state index is 0.146. The Bertz CT molecular complexity index is 482. The van der Waals surface area contributed by atoms with E-state index in [0.717, 1.165) is 43.9 Å². The molecular weight excluding hydrogens is 240 g/mol. The largest absolute Gasteiger partial charge is 0.333 e. The van der Waals surface area contributed by atoms with Crippen molar-refractivity contribution in [3.05, 3.63) is 17.5 Å². The van der Waals surface area contributed by atoms with Crippen LogP contribution >= 0.6 is 0 Å². The zero-order valence-electron chi connectivity index (χ0n) is 11.7. The Kier molecular flexibility index (Phi) is 3.31. The van der Waals surface area contributed by atoms with Gasteiger partial charge in [0.15, 0.2) is 0 Å². The molecule has 0 spiro atoms. The fraction of sp³-hybridized carbons (Fsp3) is 0.714. The number of likely N-dealkylation sites (tertiary alicyclic amines) is 1. The number of carbonyl (C=O) groups is 1. The third kappa shape index (κ3) is 2.16. The summed E-state index contributed by atoms with van der Waals surface area (Å²) in [6.45, 7) is 4.94. The summed E-state index contributed by atoms with van der Waals surface area (Å²) >= 11 is 0. The van der Waals surface area contributed by atoms with Crippen LogP contribution in [0.2, 0.25) is 0 Å². The zero-order chi connectivity index (χ0) is 13.4. The summed E-state index contributed by atoms with van der Waals surface area (Å²) in [5.74, 6) is 0.782. The van der Waals surface area contributed by atoms with Crippen molar-refractivity contribution >= 4 is 5.91 Å². The van der Waals surface area contributed by atoms with E-state index in [2.05, 4.69) is 22.2 Å². The molecule has 0 saturated carbocycles. The maximum Gasteiger partial charge on any atom is 0.272 e. The first-order valence-electron chi connectivity index (χ1n) is 7.25. The molecule has 104 valence electrons. The molecule has 19 heavy (non-hydrogen) atoms. The van der Waals surface area contributed by atoms with Gasteiger partial charge in [-0.2, -0.15) is 5.10 Å². The van der Waals surface area contributed by atoms with E-state index in [1.54, 1.807) is 4.68 Å². The number of nitrogens with zero attached hydrogens (tertiary/aromatic N) is 3. The molecule has 0 bridgehead atoms. The van der Waals surface area contributed by atoms with E-state index in [1.807, 2.05) is 13.1 Å². The van der Waals surface area contributed by atoms with E-state index in [0.29, 0.717) is 12.0 Å². The molecule has 0 radical (unpaired) electrons. The number of carbonyl (C=O) groups excluding carboxylic acids is 1. The van der Waals surface area contributed by atoms with Crippen LogP contribution < -0.4 is 5.32 Å². The second kappa shape index (κ2) is 4.96. The lowest BCUT2D eigenvalue weighted by atomic mass is 9.92. The lowest BCUT2D eigenvalue weighted by Crippen LogP contribution is -2.48. The second-order valence-electron chi connectivity index (χ2n) is 5.62. The molecule has 1 aromatic heterocycles. The Morgan fingerprint density at radius 2 is 2.37 bits per heavy atom. The second-order valence-corrected chi connectivity index (χ2v) is 5.62. The Hall–Kier alpha value is -1.36. The molecule has 0 aromatic carbocycles. The van der Waals surface area contributed by atoms with E-state index in [9.17, 15) is 4.79 Å². The quantitative estimate of drug-likeness (QED) is 0.858. The highest BCUT2D eigenvalue weighted by atomic mass is 16.2. The van der Waals surface area contributed by atoms with Crippen LogP contribution in [0.3, 0.4) is 0 Å². The van der Waals surface area contributed by atoms with Crippen molar-refractivity contribution in [2.75, 3.05) is 19.6 Å². The summed E-state index contributed by atoms with van der Waals surface area (Å²) in [5, 5.41) is 7.80. The van der Waals surface area contributed by atoms with E-state index >= 15 is 0 Å². The maximum atomic E-state index is 12.7. The lowest BCUT2D eigenvalue weighted by Gasteiger charge is -2.36. The molecule has 5 heteroatoms. The van der Waals surface area contributed by atoms with Gasteiger partial charge in [0, 0.05) is 32.7 Å².